The first-order valence-corrected chi connectivity index (χ1v) is 7.94. The van der Waals surface area contributed by atoms with E-state index in [9.17, 15) is 0 Å². The van der Waals surface area contributed by atoms with Crippen molar-refractivity contribution in [2.24, 2.45) is 5.73 Å². The van der Waals surface area contributed by atoms with Crippen LogP contribution in [0.1, 0.15) is 18.1 Å². The molecule has 2 aromatic carbocycles. The minimum absolute atomic E-state index is 0.179. The van der Waals surface area contributed by atoms with Crippen LogP contribution in [0, 0.1) is 6.92 Å². The summed E-state index contributed by atoms with van der Waals surface area (Å²) in [6.45, 7) is 4.16. The quantitative estimate of drug-likeness (QED) is 0.868. The molecule has 1 nitrogen and oxygen atoms in total. The van der Waals surface area contributed by atoms with Crippen molar-refractivity contribution in [3.63, 3.8) is 0 Å². The first kappa shape index (κ1) is 14.6. The molecule has 0 aliphatic heterocycles. The fourth-order valence-electron chi connectivity index (χ4n) is 1.94. The highest BCUT2D eigenvalue weighted by atomic mass is 79.9. The Morgan fingerprint density at radius 2 is 2.00 bits per heavy atom. The molecule has 1 atom stereocenters. The van der Waals surface area contributed by atoms with Gasteiger partial charge in [0, 0.05) is 20.3 Å². The van der Waals surface area contributed by atoms with E-state index in [1.807, 2.05) is 6.92 Å². The van der Waals surface area contributed by atoms with Crippen molar-refractivity contribution in [1.82, 2.24) is 0 Å². The molecule has 0 heterocycles. The van der Waals surface area contributed by atoms with Gasteiger partial charge in [0.05, 0.1) is 0 Å². The van der Waals surface area contributed by atoms with Crippen LogP contribution in [0.15, 0.2) is 56.7 Å². The van der Waals surface area contributed by atoms with E-state index in [-0.39, 0.29) is 6.04 Å². The Bertz CT molecular complexity index is 566. The normalized spacial score (nSPS) is 12.4. The minimum atomic E-state index is 0.179. The van der Waals surface area contributed by atoms with Gasteiger partial charge in [0.2, 0.25) is 0 Å². The number of aryl methyl sites for hydroxylation is 1. The van der Waals surface area contributed by atoms with Crippen LogP contribution >= 0.6 is 27.7 Å². The topological polar surface area (TPSA) is 26.0 Å². The van der Waals surface area contributed by atoms with Crippen LogP contribution < -0.4 is 5.73 Å². The Balaban J connectivity index is 2.30. The molecule has 3 heteroatoms. The first-order chi connectivity index (χ1) is 9.04. The largest absolute Gasteiger partial charge is 0.328 e. The lowest BCUT2D eigenvalue weighted by atomic mass is 10.1. The van der Waals surface area contributed by atoms with Crippen molar-refractivity contribution < 1.29 is 0 Å². The van der Waals surface area contributed by atoms with Crippen molar-refractivity contribution in [2.45, 2.75) is 36.1 Å². The predicted octanol–water partition coefficient (Wildman–Crippen LogP) is 4.80. The third kappa shape index (κ3) is 4.37. The molecule has 0 aromatic heterocycles. The van der Waals surface area contributed by atoms with Gasteiger partial charge in [0.25, 0.3) is 0 Å². The van der Waals surface area contributed by atoms with Gasteiger partial charge >= 0.3 is 0 Å². The van der Waals surface area contributed by atoms with Crippen LogP contribution in [0.3, 0.4) is 0 Å². The lowest BCUT2D eigenvalue weighted by Gasteiger charge is -2.12. The lowest BCUT2D eigenvalue weighted by molar-refractivity contribution is 0.729. The van der Waals surface area contributed by atoms with Gasteiger partial charge in [-0.25, -0.2) is 0 Å². The van der Waals surface area contributed by atoms with E-state index in [1.54, 1.807) is 11.8 Å². The van der Waals surface area contributed by atoms with Crippen molar-refractivity contribution in [2.75, 3.05) is 0 Å². The molecule has 0 saturated heterocycles. The van der Waals surface area contributed by atoms with Gasteiger partial charge in [-0.1, -0.05) is 51.5 Å². The Labute approximate surface area is 127 Å². The highest BCUT2D eigenvalue weighted by Gasteiger charge is 2.07. The molecule has 2 aromatic rings. The summed E-state index contributed by atoms with van der Waals surface area (Å²) in [5.41, 5.74) is 8.52. The van der Waals surface area contributed by atoms with E-state index in [1.165, 1.54) is 20.9 Å². The molecule has 0 aliphatic carbocycles. The molecule has 0 amide bonds. The van der Waals surface area contributed by atoms with Crippen LogP contribution in [-0.4, -0.2) is 6.04 Å². The molecule has 0 saturated carbocycles. The minimum Gasteiger partial charge on any atom is -0.328 e. The summed E-state index contributed by atoms with van der Waals surface area (Å²) in [4.78, 5) is 2.54. The summed E-state index contributed by atoms with van der Waals surface area (Å²) < 4.78 is 1.11. The molecule has 19 heavy (non-hydrogen) atoms. The van der Waals surface area contributed by atoms with Crippen LogP contribution in [0.4, 0.5) is 0 Å². The smallest absolute Gasteiger partial charge is 0.0186 e. The number of hydrogen-bond acceptors (Lipinski definition) is 2. The Morgan fingerprint density at radius 3 is 2.68 bits per heavy atom. The second-order valence-corrected chi connectivity index (χ2v) is 6.88. The highest BCUT2D eigenvalue weighted by Crippen LogP contribution is 2.33. The zero-order valence-electron chi connectivity index (χ0n) is 11.2. The average Bonchev–Trinajstić information content (AvgIpc) is 2.32. The zero-order chi connectivity index (χ0) is 13.8. The SMILES string of the molecule is Cc1cccc(Sc2cc(Br)ccc2CC(C)N)c1. The number of hydrogen-bond donors (Lipinski definition) is 1. The molecule has 0 bridgehead atoms. The molecule has 0 radical (unpaired) electrons. The Hall–Kier alpha value is -0.770. The molecule has 2 N–H and O–H groups in total. The van der Waals surface area contributed by atoms with Crippen molar-refractivity contribution in [3.05, 3.63) is 58.1 Å². The van der Waals surface area contributed by atoms with Crippen LogP contribution in [0.2, 0.25) is 0 Å². The highest BCUT2D eigenvalue weighted by molar-refractivity contribution is 9.10. The fraction of sp³-hybridized carbons (Fsp3) is 0.250. The molecule has 0 fully saturated rings. The second-order valence-electron chi connectivity index (χ2n) is 4.85. The van der Waals surface area contributed by atoms with Gasteiger partial charge in [-0.3, -0.25) is 0 Å². The second kappa shape index (κ2) is 6.60. The van der Waals surface area contributed by atoms with Crippen LogP contribution in [0.25, 0.3) is 0 Å². The van der Waals surface area contributed by atoms with Gasteiger partial charge < -0.3 is 5.73 Å². The summed E-state index contributed by atoms with van der Waals surface area (Å²) in [7, 11) is 0. The van der Waals surface area contributed by atoms with E-state index < -0.39 is 0 Å². The van der Waals surface area contributed by atoms with Crippen LogP contribution in [0.5, 0.6) is 0 Å². The van der Waals surface area contributed by atoms with Gasteiger partial charge in [-0.15, -0.1) is 0 Å². The van der Waals surface area contributed by atoms with Crippen molar-refractivity contribution in [3.8, 4) is 0 Å². The maximum absolute atomic E-state index is 5.93. The van der Waals surface area contributed by atoms with E-state index in [4.69, 9.17) is 5.73 Å². The molecule has 1 unspecified atom stereocenters. The first-order valence-electron chi connectivity index (χ1n) is 6.33. The van der Waals surface area contributed by atoms with E-state index in [0.29, 0.717) is 0 Å². The number of halogens is 1. The standard InChI is InChI=1S/C16H18BrNS/c1-11-4-3-5-15(8-11)19-16-10-14(17)7-6-13(16)9-12(2)18/h3-8,10,12H,9,18H2,1-2H3. The van der Waals surface area contributed by atoms with Crippen molar-refractivity contribution in [1.29, 1.82) is 0 Å². The van der Waals surface area contributed by atoms with E-state index in [0.717, 1.165) is 10.9 Å². The summed E-state index contributed by atoms with van der Waals surface area (Å²) in [6.07, 6.45) is 0.904. The van der Waals surface area contributed by atoms with Crippen molar-refractivity contribution >= 4 is 27.7 Å². The third-order valence-corrected chi connectivity index (χ3v) is 4.37. The summed E-state index contributed by atoms with van der Waals surface area (Å²) in [5, 5.41) is 0. The maximum Gasteiger partial charge on any atom is 0.0186 e. The van der Waals surface area contributed by atoms with E-state index >= 15 is 0 Å². The Morgan fingerprint density at radius 1 is 1.21 bits per heavy atom. The summed E-state index contributed by atoms with van der Waals surface area (Å²) in [6, 6.07) is 15.2. The molecule has 100 valence electrons. The summed E-state index contributed by atoms with van der Waals surface area (Å²) >= 11 is 5.34. The number of benzene rings is 2. The van der Waals surface area contributed by atoms with Gasteiger partial charge in [0.15, 0.2) is 0 Å². The monoisotopic (exact) mass is 335 g/mol. The van der Waals surface area contributed by atoms with Gasteiger partial charge in [-0.05, 0) is 50.1 Å². The fourth-order valence-corrected chi connectivity index (χ4v) is 3.57. The molecule has 2 rings (SSSR count). The molecular weight excluding hydrogens is 318 g/mol. The average molecular weight is 336 g/mol. The third-order valence-electron chi connectivity index (χ3n) is 2.79. The number of nitrogens with two attached hydrogens (primary N) is 1. The summed E-state index contributed by atoms with van der Waals surface area (Å²) in [5.74, 6) is 0. The zero-order valence-corrected chi connectivity index (χ0v) is 13.6. The van der Waals surface area contributed by atoms with Gasteiger partial charge in [0.1, 0.15) is 0 Å². The van der Waals surface area contributed by atoms with E-state index in [2.05, 4.69) is 65.3 Å². The Kier molecular flexibility index (Phi) is 5.08. The lowest BCUT2D eigenvalue weighted by Crippen LogP contribution is -2.18. The molecular formula is C16H18BrNS. The van der Waals surface area contributed by atoms with Crippen LogP contribution in [-0.2, 0) is 6.42 Å². The maximum atomic E-state index is 5.93. The molecule has 0 spiro atoms. The van der Waals surface area contributed by atoms with Gasteiger partial charge in [-0.2, -0.15) is 0 Å². The molecule has 0 aliphatic rings. The predicted molar refractivity (Wildman–Crippen MR) is 86.8 cm³/mol. The number of rotatable bonds is 4.